The van der Waals surface area contributed by atoms with Crippen LogP contribution in [0.15, 0.2) is 0 Å². The summed E-state index contributed by atoms with van der Waals surface area (Å²) in [4.78, 5) is 0. The van der Waals surface area contributed by atoms with Crippen molar-refractivity contribution in [1.82, 2.24) is 5.32 Å². The fourth-order valence-corrected chi connectivity index (χ4v) is 3.07. The van der Waals surface area contributed by atoms with Crippen LogP contribution in [0.2, 0.25) is 0 Å². The number of nitrogens with one attached hydrogen (secondary N) is 1. The van der Waals surface area contributed by atoms with Gasteiger partial charge in [0.25, 0.3) is 0 Å². The van der Waals surface area contributed by atoms with E-state index >= 15 is 0 Å². The summed E-state index contributed by atoms with van der Waals surface area (Å²) in [7, 11) is 0. The maximum atomic E-state index is 3.77. The Morgan fingerprint density at radius 2 is 1.61 bits per heavy atom. The van der Waals surface area contributed by atoms with Crippen LogP contribution in [-0.2, 0) is 0 Å². The van der Waals surface area contributed by atoms with Gasteiger partial charge in [0.05, 0.1) is 0 Å². The summed E-state index contributed by atoms with van der Waals surface area (Å²) >= 11 is 0. The first-order chi connectivity index (χ1) is 8.30. The van der Waals surface area contributed by atoms with Crippen molar-refractivity contribution < 1.29 is 0 Å². The van der Waals surface area contributed by atoms with E-state index in [1.165, 1.54) is 38.6 Å². The van der Waals surface area contributed by atoms with Crippen LogP contribution >= 0.6 is 0 Å². The van der Waals surface area contributed by atoms with Gasteiger partial charge in [-0.1, -0.05) is 54.9 Å². The third-order valence-corrected chi connectivity index (χ3v) is 3.70. The van der Waals surface area contributed by atoms with Gasteiger partial charge in [0, 0.05) is 6.04 Å². The van der Waals surface area contributed by atoms with Crippen LogP contribution in [0.1, 0.15) is 80.6 Å². The smallest absolute Gasteiger partial charge is 0.00952 e. The number of hydrogen-bond donors (Lipinski definition) is 1. The van der Waals surface area contributed by atoms with Gasteiger partial charge in [-0.15, -0.1) is 0 Å². The molecule has 0 saturated carbocycles. The molecule has 0 aromatic heterocycles. The summed E-state index contributed by atoms with van der Waals surface area (Å²) in [6.45, 7) is 17.6. The summed E-state index contributed by atoms with van der Waals surface area (Å²) < 4.78 is 0. The van der Waals surface area contributed by atoms with E-state index in [4.69, 9.17) is 0 Å². The monoisotopic (exact) mass is 255 g/mol. The molecule has 0 aliphatic rings. The highest BCUT2D eigenvalue weighted by molar-refractivity contribution is 4.77. The van der Waals surface area contributed by atoms with E-state index in [2.05, 4.69) is 53.8 Å². The molecule has 0 aromatic carbocycles. The summed E-state index contributed by atoms with van der Waals surface area (Å²) in [5, 5.41) is 3.77. The Hall–Kier alpha value is -0.0400. The van der Waals surface area contributed by atoms with Crippen molar-refractivity contribution in [3.8, 4) is 0 Å². The first-order valence-electron chi connectivity index (χ1n) is 8.03. The van der Waals surface area contributed by atoms with E-state index in [-0.39, 0.29) is 0 Å². The Morgan fingerprint density at radius 1 is 1.00 bits per heavy atom. The first kappa shape index (κ1) is 18.0. The fraction of sp³-hybridized carbons (Fsp3) is 1.00. The highest BCUT2D eigenvalue weighted by Crippen LogP contribution is 2.28. The van der Waals surface area contributed by atoms with Crippen LogP contribution in [0, 0.1) is 17.3 Å². The van der Waals surface area contributed by atoms with E-state index < -0.39 is 0 Å². The van der Waals surface area contributed by atoms with Gasteiger partial charge >= 0.3 is 0 Å². The van der Waals surface area contributed by atoms with E-state index in [1.807, 2.05) is 0 Å². The summed E-state index contributed by atoms with van der Waals surface area (Å²) in [5.74, 6) is 1.63. The molecule has 0 heterocycles. The van der Waals surface area contributed by atoms with E-state index in [0.717, 1.165) is 11.8 Å². The molecule has 0 saturated heterocycles. The Morgan fingerprint density at radius 3 is 2.06 bits per heavy atom. The molecule has 0 amide bonds. The SMILES string of the molecule is CCCNC(CC(C)CC(C)(C)C)C(C)CCC. The van der Waals surface area contributed by atoms with Crippen LogP contribution < -0.4 is 5.32 Å². The molecule has 3 atom stereocenters. The minimum Gasteiger partial charge on any atom is -0.314 e. The fourth-order valence-electron chi connectivity index (χ4n) is 3.07. The second-order valence-electron chi connectivity index (χ2n) is 7.43. The second kappa shape index (κ2) is 8.96. The molecule has 0 spiro atoms. The van der Waals surface area contributed by atoms with E-state index in [1.54, 1.807) is 0 Å². The lowest BCUT2D eigenvalue weighted by Crippen LogP contribution is -2.37. The molecular weight excluding hydrogens is 218 g/mol. The largest absolute Gasteiger partial charge is 0.314 e. The van der Waals surface area contributed by atoms with Gasteiger partial charge in [0.2, 0.25) is 0 Å². The third-order valence-electron chi connectivity index (χ3n) is 3.70. The van der Waals surface area contributed by atoms with Crippen molar-refractivity contribution in [2.24, 2.45) is 17.3 Å². The topological polar surface area (TPSA) is 12.0 Å². The molecule has 0 rings (SSSR count). The zero-order chi connectivity index (χ0) is 14.2. The van der Waals surface area contributed by atoms with Gasteiger partial charge in [-0.25, -0.2) is 0 Å². The molecular formula is C17H37N. The zero-order valence-corrected chi connectivity index (χ0v) is 14.0. The Labute approximate surface area is 116 Å². The van der Waals surface area contributed by atoms with Crippen LogP contribution in [0.4, 0.5) is 0 Å². The minimum absolute atomic E-state index is 0.461. The summed E-state index contributed by atoms with van der Waals surface area (Å²) in [6.07, 6.45) is 6.56. The second-order valence-corrected chi connectivity index (χ2v) is 7.43. The van der Waals surface area contributed by atoms with E-state index in [0.29, 0.717) is 11.5 Å². The predicted octanol–water partition coefficient (Wildman–Crippen LogP) is 5.25. The van der Waals surface area contributed by atoms with Crippen molar-refractivity contribution in [1.29, 1.82) is 0 Å². The van der Waals surface area contributed by atoms with Crippen LogP contribution in [-0.4, -0.2) is 12.6 Å². The van der Waals surface area contributed by atoms with Crippen LogP contribution in [0.3, 0.4) is 0 Å². The maximum Gasteiger partial charge on any atom is 0.00952 e. The first-order valence-corrected chi connectivity index (χ1v) is 8.03. The van der Waals surface area contributed by atoms with Gasteiger partial charge in [-0.05, 0) is 49.5 Å². The lowest BCUT2D eigenvalue weighted by molar-refractivity contribution is 0.243. The number of rotatable bonds is 9. The average molecular weight is 255 g/mol. The molecule has 0 aliphatic heterocycles. The minimum atomic E-state index is 0.461. The molecule has 0 fully saturated rings. The molecule has 3 unspecified atom stereocenters. The van der Waals surface area contributed by atoms with Crippen molar-refractivity contribution in [3.05, 3.63) is 0 Å². The highest BCUT2D eigenvalue weighted by Gasteiger charge is 2.22. The molecule has 1 heteroatoms. The number of hydrogen-bond acceptors (Lipinski definition) is 1. The third kappa shape index (κ3) is 8.97. The van der Waals surface area contributed by atoms with E-state index in [9.17, 15) is 0 Å². The van der Waals surface area contributed by atoms with Gasteiger partial charge in [-0.2, -0.15) is 0 Å². The molecule has 1 nitrogen and oxygen atoms in total. The van der Waals surface area contributed by atoms with Crippen LogP contribution in [0.5, 0.6) is 0 Å². The Kier molecular flexibility index (Phi) is 8.94. The molecule has 0 aliphatic carbocycles. The molecule has 110 valence electrons. The van der Waals surface area contributed by atoms with Crippen LogP contribution in [0.25, 0.3) is 0 Å². The highest BCUT2D eigenvalue weighted by atomic mass is 14.9. The Bertz CT molecular complexity index is 192. The standard InChI is InChI=1S/C17H37N/c1-8-10-15(4)16(18-11-9-2)12-14(3)13-17(5,6)7/h14-16,18H,8-13H2,1-7H3. The normalized spacial score (nSPS) is 17.5. The maximum absolute atomic E-state index is 3.77. The lowest BCUT2D eigenvalue weighted by atomic mass is 9.80. The quantitative estimate of drug-likeness (QED) is 0.593. The average Bonchev–Trinajstić information content (AvgIpc) is 2.21. The van der Waals surface area contributed by atoms with Crippen molar-refractivity contribution in [3.63, 3.8) is 0 Å². The van der Waals surface area contributed by atoms with Crippen molar-refractivity contribution >= 4 is 0 Å². The molecule has 0 bridgehead atoms. The van der Waals surface area contributed by atoms with Gasteiger partial charge < -0.3 is 5.32 Å². The molecule has 0 radical (unpaired) electrons. The molecule has 1 N–H and O–H groups in total. The summed E-state index contributed by atoms with van der Waals surface area (Å²) in [5.41, 5.74) is 0.461. The Balaban J connectivity index is 4.29. The van der Waals surface area contributed by atoms with Crippen molar-refractivity contribution in [2.45, 2.75) is 86.6 Å². The van der Waals surface area contributed by atoms with Gasteiger partial charge in [0.1, 0.15) is 0 Å². The van der Waals surface area contributed by atoms with Gasteiger partial charge in [0.15, 0.2) is 0 Å². The lowest BCUT2D eigenvalue weighted by Gasteiger charge is -2.30. The summed E-state index contributed by atoms with van der Waals surface area (Å²) in [6, 6.07) is 0.710. The molecule has 18 heavy (non-hydrogen) atoms. The van der Waals surface area contributed by atoms with Gasteiger partial charge in [-0.3, -0.25) is 0 Å². The predicted molar refractivity (Wildman–Crippen MR) is 84.0 cm³/mol. The molecule has 0 aromatic rings. The van der Waals surface area contributed by atoms with Crippen molar-refractivity contribution in [2.75, 3.05) is 6.54 Å². The zero-order valence-electron chi connectivity index (χ0n) is 14.0.